The van der Waals surface area contributed by atoms with Gasteiger partial charge in [0.2, 0.25) is 0 Å². The number of ether oxygens (including phenoxy) is 1. The quantitative estimate of drug-likeness (QED) is 0.787. The van der Waals surface area contributed by atoms with Crippen LogP contribution in [0.2, 0.25) is 0 Å². The van der Waals surface area contributed by atoms with Crippen LogP contribution in [-0.4, -0.2) is 11.9 Å². The van der Waals surface area contributed by atoms with Gasteiger partial charge in [-0.2, -0.15) is 5.26 Å². The van der Waals surface area contributed by atoms with Gasteiger partial charge in [0, 0.05) is 10.7 Å². The van der Waals surface area contributed by atoms with Gasteiger partial charge in [-0.05, 0) is 37.1 Å². The standard InChI is InChI=1S/C14H18BrNO/c1-10-5-12(7-16)6-11(2)13(10)17-9-14(3,4)8-15/h5-6H,8-9H2,1-4H3. The van der Waals surface area contributed by atoms with Crippen LogP contribution >= 0.6 is 15.9 Å². The third-order valence-corrected chi connectivity index (χ3v) is 4.08. The number of benzene rings is 1. The van der Waals surface area contributed by atoms with Crippen LogP contribution in [0.4, 0.5) is 0 Å². The first-order chi connectivity index (χ1) is 7.89. The molecule has 0 amide bonds. The van der Waals surface area contributed by atoms with E-state index in [1.165, 1.54) is 0 Å². The number of alkyl halides is 1. The van der Waals surface area contributed by atoms with E-state index in [1.54, 1.807) is 0 Å². The van der Waals surface area contributed by atoms with Gasteiger partial charge in [-0.15, -0.1) is 0 Å². The van der Waals surface area contributed by atoms with E-state index in [2.05, 4.69) is 35.8 Å². The minimum Gasteiger partial charge on any atom is -0.492 e. The molecule has 0 saturated heterocycles. The molecule has 2 nitrogen and oxygen atoms in total. The molecule has 92 valence electrons. The molecule has 1 aromatic carbocycles. The lowest BCUT2D eigenvalue weighted by molar-refractivity contribution is 0.201. The number of aryl methyl sites for hydroxylation is 2. The van der Waals surface area contributed by atoms with Gasteiger partial charge in [0.15, 0.2) is 0 Å². The Labute approximate surface area is 112 Å². The van der Waals surface area contributed by atoms with E-state index in [9.17, 15) is 0 Å². The fourth-order valence-corrected chi connectivity index (χ4v) is 1.71. The lowest BCUT2D eigenvalue weighted by Crippen LogP contribution is -2.23. The van der Waals surface area contributed by atoms with Gasteiger partial charge in [-0.3, -0.25) is 0 Å². The molecule has 0 N–H and O–H groups in total. The molecule has 0 aliphatic carbocycles. The highest BCUT2D eigenvalue weighted by Crippen LogP contribution is 2.27. The molecule has 3 heteroatoms. The molecule has 0 aliphatic heterocycles. The number of hydrogen-bond donors (Lipinski definition) is 0. The maximum atomic E-state index is 8.88. The Morgan fingerprint density at radius 1 is 1.29 bits per heavy atom. The van der Waals surface area contributed by atoms with Gasteiger partial charge in [0.25, 0.3) is 0 Å². The van der Waals surface area contributed by atoms with Crippen molar-refractivity contribution in [3.05, 3.63) is 28.8 Å². The Hall–Kier alpha value is -1.01. The molecule has 0 heterocycles. The smallest absolute Gasteiger partial charge is 0.125 e. The third-order valence-electron chi connectivity index (χ3n) is 2.56. The Bertz CT molecular complexity index is 423. The van der Waals surface area contributed by atoms with Crippen LogP contribution in [0.3, 0.4) is 0 Å². The van der Waals surface area contributed by atoms with Crippen LogP contribution in [0.15, 0.2) is 12.1 Å². The van der Waals surface area contributed by atoms with Crippen LogP contribution in [0.5, 0.6) is 5.75 Å². The Morgan fingerprint density at radius 2 is 1.82 bits per heavy atom. The van der Waals surface area contributed by atoms with E-state index >= 15 is 0 Å². The Balaban J connectivity index is 2.90. The normalized spacial score (nSPS) is 11.1. The van der Waals surface area contributed by atoms with Crippen LogP contribution in [0.25, 0.3) is 0 Å². The van der Waals surface area contributed by atoms with Gasteiger partial charge in [-0.25, -0.2) is 0 Å². The van der Waals surface area contributed by atoms with E-state index in [0.717, 1.165) is 22.2 Å². The summed E-state index contributed by atoms with van der Waals surface area (Å²) in [6.45, 7) is 8.91. The predicted octanol–water partition coefficient (Wildman–Crippen LogP) is 3.98. The molecule has 0 aromatic heterocycles. The van der Waals surface area contributed by atoms with Crippen molar-refractivity contribution in [2.24, 2.45) is 5.41 Å². The largest absolute Gasteiger partial charge is 0.492 e. The summed E-state index contributed by atoms with van der Waals surface area (Å²) in [5.74, 6) is 0.901. The summed E-state index contributed by atoms with van der Waals surface area (Å²) in [6.07, 6.45) is 0. The zero-order chi connectivity index (χ0) is 13.1. The second kappa shape index (κ2) is 5.55. The minimum absolute atomic E-state index is 0.104. The lowest BCUT2D eigenvalue weighted by atomic mass is 9.98. The van der Waals surface area contributed by atoms with Gasteiger partial charge in [-0.1, -0.05) is 29.8 Å². The highest BCUT2D eigenvalue weighted by molar-refractivity contribution is 9.09. The molecule has 0 bridgehead atoms. The van der Waals surface area contributed by atoms with Crippen molar-refractivity contribution in [1.29, 1.82) is 5.26 Å². The predicted molar refractivity (Wildman–Crippen MR) is 73.7 cm³/mol. The van der Waals surface area contributed by atoms with Crippen molar-refractivity contribution < 1.29 is 4.74 Å². The van der Waals surface area contributed by atoms with Crippen molar-refractivity contribution in [3.63, 3.8) is 0 Å². The monoisotopic (exact) mass is 295 g/mol. The second-order valence-corrected chi connectivity index (χ2v) is 5.70. The molecule has 17 heavy (non-hydrogen) atoms. The summed E-state index contributed by atoms with van der Waals surface area (Å²) < 4.78 is 5.88. The van der Waals surface area contributed by atoms with Crippen molar-refractivity contribution in [3.8, 4) is 11.8 Å². The summed E-state index contributed by atoms with van der Waals surface area (Å²) in [7, 11) is 0. The first-order valence-corrected chi connectivity index (χ1v) is 6.72. The van der Waals surface area contributed by atoms with Crippen molar-refractivity contribution in [2.45, 2.75) is 27.7 Å². The topological polar surface area (TPSA) is 33.0 Å². The van der Waals surface area contributed by atoms with Crippen molar-refractivity contribution in [2.75, 3.05) is 11.9 Å². The first-order valence-electron chi connectivity index (χ1n) is 5.60. The number of nitriles is 1. The average molecular weight is 296 g/mol. The maximum Gasteiger partial charge on any atom is 0.125 e. The van der Waals surface area contributed by atoms with Gasteiger partial charge < -0.3 is 4.74 Å². The van der Waals surface area contributed by atoms with Crippen molar-refractivity contribution >= 4 is 15.9 Å². The molecular formula is C14H18BrNO. The zero-order valence-electron chi connectivity index (χ0n) is 10.8. The fourth-order valence-electron chi connectivity index (χ4n) is 1.55. The Kier molecular flexibility index (Phi) is 4.59. The lowest BCUT2D eigenvalue weighted by Gasteiger charge is -2.23. The van der Waals surface area contributed by atoms with E-state index in [-0.39, 0.29) is 5.41 Å². The third kappa shape index (κ3) is 3.74. The molecule has 0 spiro atoms. The van der Waals surface area contributed by atoms with Crippen LogP contribution < -0.4 is 4.74 Å². The molecule has 0 aliphatic rings. The molecule has 0 radical (unpaired) electrons. The van der Waals surface area contributed by atoms with Crippen LogP contribution in [0, 0.1) is 30.6 Å². The second-order valence-electron chi connectivity index (χ2n) is 5.14. The zero-order valence-corrected chi connectivity index (χ0v) is 12.4. The van der Waals surface area contributed by atoms with Crippen LogP contribution in [-0.2, 0) is 0 Å². The molecule has 0 saturated carbocycles. The van der Waals surface area contributed by atoms with E-state index < -0.39 is 0 Å². The molecule has 0 fully saturated rings. The first kappa shape index (κ1) is 14.1. The number of nitrogens with zero attached hydrogens (tertiary/aromatic N) is 1. The summed E-state index contributed by atoms with van der Waals surface area (Å²) in [6, 6.07) is 5.89. The molecular weight excluding hydrogens is 278 g/mol. The number of hydrogen-bond acceptors (Lipinski definition) is 2. The molecule has 0 unspecified atom stereocenters. The summed E-state index contributed by atoms with van der Waals surface area (Å²) >= 11 is 3.48. The molecule has 1 aromatic rings. The van der Waals surface area contributed by atoms with Gasteiger partial charge in [0.1, 0.15) is 5.75 Å². The minimum atomic E-state index is 0.104. The van der Waals surface area contributed by atoms with E-state index in [1.807, 2.05) is 26.0 Å². The number of halogens is 1. The van der Waals surface area contributed by atoms with Gasteiger partial charge >= 0.3 is 0 Å². The number of rotatable bonds is 4. The highest BCUT2D eigenvalue weighted by Gasteiger charge is 2.18. The van der Waals surface area contributed by atoms with Crippen LogP contribution in [0.1, 0.15) is 30.5 Å². The maximum absolute atomic E-state index is 8.88. The highest BCUT2D eigenvalue weighted by atomic mass is 79.9. The SMILES string of the molecule is Cc1cc(C#N)cc(C)c1OCC(C)(C)CBr. The molecule has 1 rings (SSSR count). The molecule has 0 atom stereocenters. The summed E-state index contributed by atoms with van der Waals surface area (Å²) in [4.78, 5) is 0. The van der Waals surface area contributed by atoms with Gasteiger partial charge in [0.05, 0.1) is 18.2 Å². The average Bonchev–Trinajstić information content (AvgIpc) is 2.27. The van der Waals surface area contributed by atoms with E-state index in [0.29, 0.717) is 12.2 Å². The Morgan fingerprint density at radius 3 is 2.24 bits per heavy atom. The summed E-state index contributed by atoms with van der Waals surface area (Å²) in [5, 5.41) is 9.77. The van der Waals surface area contributed by atoms with Crippen molar-refractivity contribution in [1.82, 2.24) is 0 Å². The summed E-state index contributed by atoms with van der Waals surface area (Å²) in [5.41, 5.74) is 2.83. The van der Waals surface area contributed by atoms with E-state index in [4.69, 9.17) is 10.00 Å². The fraction of sp³-hybridized carbons (Fsp3) is 0.500.